The molecule has 0 bridgehead atoms. The number of anilines is 2. The lowest BCUT2D eigenvalue weighted by Gasteiger charge is -2.21. The van der Waals surface area contributed by atoms with Gasteiger partial charge in [-0.3, -0.25) is 4.79 Å². The lowest BCUT2D eigenvalue weighted by Crippen LogP contribution is -2.17. The molecule has 96 valence electrons. The molecule has 0 saturated carbocycles. The molecule has 1 aliphatic heterocycles. The first-order valence-electron chi connectivity index (χ1n) is 6.57. The Labute approximate surface area is 112 Å². The highest BCUT2D eigenvalue weighted by atomic mass is 16.1. The zero-order valence-electron chi connectivity index (χ0n) is 10.6. The molecule has 2 N–H and O–H groups in total. The van der Waals surface area contributed by atoms with Gasteiger partial charge in [0.25, 0.3) is 5.91 Å². The van der Waals surface area contributed by atoms with E-state index in [0.717, 1.165) is 30.8 Å². The molecule has 0 fully saturated rings. The van der Waals surface area contributed by atoms with E-state index in [2.05, 4.69) is 16.7 Å². The maximum atomic E-state index is 12.2. The van der Waals surface area contributed by atoms with Crippen molar-refractivity contribution in [2.24, 2.45) is 0 Å². The molecule has 1 heterocycles. The summed E-state index contributed by atoms with van der Waals surface area (Å²) in [5.74, 6) is -0.0560. The summed E-state index contributed by atoms with van der Waals surface area (Å²) in [7, 11) is 0. The number of nitrogens with one attached hydrogen (secondary N) is 2. The monoisotopic (exact) mass is 252 g/mol. The van der Waals surface area contributed by atoms with Crippen molar-refractivity contribution in [2.45, 2.75) is 12.8 Å². The summed E-state index contributed by atoms with van der Waals surface area (Å²) < 4.78 is 0. The summed E-state index contributed by atoms with van der Waals surface area (Å²) in [6.45, 7) is 1.00. The number of fused-ring (bicyclic) bond motifs is 1. The van der Waals surface area contributed by atoms with Crippen LogP contribution in [-0.2, 0) is 6.42 Å². The van der Waals surface area contributed by atoms with E-state index >= 15 is 0 Å². The van der Waals surface area contributed by atoms with Crippen molar-refractivity contribution in [1.82, 2.24) is 0 Å². The standard InChI is InChI=1S/C16H16N2O/c19-16(12-6-2-1-3-7-12)18-15-10-4-9-14-13(15)8-5-11-17-14/h1-4,6-7,9-10,17H,5,8,11H2,(H,18,19). The van der Waals surface area contributed by atoms with Crippen LogP contribution in [0.15, 0.2) is 48.5 Å². The Balaban J connectivity index is 1.86. The summed E-state index contributed by atoms with van der Waals surface area (Å²) in [6, 6.07) is 15.3. The SMILES string of the molecule is O=C(Nc1cccc2c1CCCN2)c1ccccc1. The fourth-order valence-electron chi connectivity index (χ4n) is 2.41. The van der Waals surface area contributed by atoms with Gasteiger partial charge in [-0.1, -0.05) is 24.3 Å². The van der Waals surface area contributed by atoms with Crippen LogP contribution in [0.3, 0.4) is 0 Å². The summed E-state index contributed by atoms with van der Waals surface area (Å²) in [5, 5.41) is 6.37. The predicted octanol–water partition coefficient (Wildman–Crippen LogP) is 3.30. The van der Waals surface area contributed by atoms with Crippen LogP contribution in [0.2, 0.25) is 0 Å². The minimum absolute atomic E-state index is 0.0560. The molecule has 3 rings (SSSR count). The number of benzene rings is 2. The van der Waals surface area contributed by atoms with Gasteiger partial charge in [0.15, 0.2) is 0 Å². The molecule has 3 heteroatoms. The lowest BCUT2D eigenvalue weighted by molar-refractivity contribution is 0.102. The molecule has 2 aromatic carbocycles. The van der Waals surface area contributed by atoms with Gasteiger partial charge in [0.1, 0.15) is 0 Å². The molecule has 0 spiro atoms. The molecular formula is C16H16N2O. The quantitative estimate of drug-likeness (QED) is 0.861. The third-order valence-corrected chi connectivity index (χ3v) is 3.38. The highest BCUT2D eigenvalue weighted by Crippen LogP contribution is 2.29. The number of amides is 1. The van der Waals surface area contributed by atoms with Crippen LogP contribution in [0.4, 0.5) is 11.4 Å². The fraction of sp³-hybridized carbons (Fsp3) is 0.188. The molecule has 0 aliphatic carbocycles. The Kier molecular flexibility index (Phi) is 3.19. The van der Waals surface area contributed by atoms with Crippen molar-refractivity contribution < 1.29 is 4.79 Å². The molecule has 0 radical (unpaired) electrons. The normalized spacial score (nSPS) is 13.3. The van der Waals surface area contributed by atoms with Crippen LogP contribution >= 0.6 is 0 Å². The number of carbonyl (C=O) groups excluding carboxylic acids is 1. The molecule has 3 nitrogen and oxygen atoms in total. The van der Waals surface area contributed by atoms with E-state index in [-0.39, 0.29) is 5.91 Å². The molecule has 1 amide bonds. The maximum Gasteiger partial charge on any atom is 0.255 e. The molecule has 1 aliphatic rings. The second-order valence-electron chi connectivity index (χ2n) is 4.68. The number of hydrogen-bond acceptors (Lipinski definition) is 2. The highest BCUT2D eigenvalue weighted by molar-refractivity contribution is 6.05. The smallest absolute Gasteiger partial charge is 0.255 e. The number of carbonyl (C=O) groups is 1. The average molecular weight is 252 g/mol. The molecule has 0 aromatic heterocycles. The Bertz CT molecular complexity index is 593. The summed E-state index contributed by atoms with van der Waals surface area (Å²) in [5.41, 5.74) is 3.94. The van der Waals surface area contributed by atoms with E-state index in [9.17, 15) is 4.79 Å². The lowest BCUT2D eigenvalue weighted by atomic mass is 10.0. The number of rotatable bonds is 2. The summed E-state index contributed by atoms with van der Waals surface area (Å²) >= 11 is 0. The topological polar surface area (TPSA) is 41.1 Å². The summed E-state index contributed by atoms with van der Waals surface area (Å²) in [6.07, 6.45) is 2.11. The molecule has 0 atom stereocenters. The van der Waals surface area contributed by atoms with E-state index in [0.29, 0.717) is 5.56 Å². The fourth-order valence-corrected chi connectivity index (χ4v) is 2.41. The van der Waals surface area contributed by atoms with Gasteiger partial charge in [-0.25, -0.2) is 0 Å². The van der Waals surface area contributed by atoms with Crippen molar-refractivity contribution >= 4 is 17.3 Å². The Morgan fingerprint density at radius 2 is 1.89 bits per heavy atom. The van der Waals surface area contributed by atoms with Crippen LogP contribution in [0.5, 0.6) is 0 Å². The van der Waals surface area contributed by atoms with Gasteiger partial charge >= 0.3 is 0 Å². The molecule has 0 unspecified atom stereocenters. The Hall–Kier alpha value is -2.29. The molecular weight excluding hydrogens is 236 g/mol. The van der Waals surface area contributed by atoms with Crippen molar-refractivity contribution in [2.75, 3.05) is 17.2 Å². The van der Waals surface area contributed by atoms with Crippen LogP contribution < -0.4 is 10.6 Å². The third kappa shape index (κ3) is 2.45. The minimum atomic E-state index is -0.0560. The van der Waals surface area contributed by atoms with Gasteiger partial charge < -0.3 is 10.6 Å². The van der Waals surface area contributed by atoms with E-state index in [4.69, 9.17) is 0 Å². The average Bonchev–Trinajstić information content (AvgIpc) is 2.48. The molecule has 0 saturated heterocycles. The molecule has 19 heavy (non-hydrogen) atoms. The van der Waals surface area contributed by atoms with E-state index in [1.54, 1.807) is 0 Å². The Morgan fingerprint density at radius 1 is 1.05 bits per heavy atom. The zero-order chi connectivity index (χ0) is 13.1. The second kappa shape index (κ2) is 5.14. The summed E-state index contributed by atoms with van der Waals surface area (Å²) in [4.78, 5) is 12.2. The van der Waals surface area contributed by atoms with Gasteiger partial charge in [0.2, 0.25) is 0 Å². The van der Waals surface area contributed by atoms with Crippen LogP contribution in [-0.4, -0.2) is 12.5 Å². The first kappa shape index (κ1) is 11.8. The van der Waals surface area contributed by atoms with Crippen LogP contribution in [0.25, 0.3) is 0 Å². The largest absolute Gasteiger partial charge is 0.385 e. The second-order valence-corrected chi connectivity index (χ2v) is 4.68. The van der Waals surface area contributed by atoms with Gasteiger partial charge in [0.05, 0.1) is 0 Å². The zero-order valence-corrected chi connectivity index (χ0v) is 10.6. The highest BCUT2D eigenvalue weighted by Gasteiger charge is 2.14. The third-order valence-electron chi connectivity index (χ3n) is 3.38. The molecule has 2 aromatic rings. The van der Waals surface area contributed by atoms with Gasteiger partial charge in [-0.15, -0.1) is 0 Å². The van der Waals surface area contributed by atoms with E-state index in [1.165, 1.54) is 5.56 Å². The van der Waals surface area contributed by atoms with Gasteiger partial charge in [-0.05, 0) is 42.7 Å². The minimum Gasteiger partial charge on any atom is -0.385 e. The van der Waals surface area contributed by atoms with Crippen molar-refractivity contribution in [1.29, 1.82) is 0 Å². The number of hydrogen-bond donors (Lipinski definition) is 2. The van der Waals surface area contributed by atoms with Crippen LogP contribution in [0.1, 0.15) is 22.3 Å². The van der Waals surface area contributed by atoms with Crippen molar-refractivity contribution in [3.05, 3.63) is 59.7 Å². The maximum absolute atomic E-state index is 12.2. The van der Waals surface area contributed by atoms with Crippen LogP contribution in [0, 0.1) is 0 Å². The predicted molar refractivity (Wildman–Crippen MR) is 77.6 cm³/mol. The van der Waals surface area contributed by atoms with Crippen molar-refractivity contribution in [3.8, 4) is 0 Å². The van der Waals surface area contributed by atoms with Gasteiger partial charge in [-0.2, -0.15) is 0 Å². The van der Waals surface area contributed by atoms with Gasteiger partial charge in [0, 0.05) is 23.5 Å². The Morgan fingerprint density at radius 3 is 2.74 bits per heavy atom. The van der Waals surface area contributed by atoms with E-state index in [1.807, 2.05) is 42.5 Å². The first-order chi connectivity index (χ1) is 9.34. The van der Waals surface area contributed by atoms with Crippen molar-refractivity contribution in [3.63, 3.8) is 0 Å². The van der Waals surface area contributed by atoms with E-state index < -0.39 is 0 Å². The first-order valence-corrected chi connectivity index (χ1v) is 6.57.